The third kappa shape index (κ3) is 9.69. The second-order valence-corrected chi connectivity index (χ2v) is 9.61. The largest absolute Gasteiger partial charge is 0.493 e. The van der Waals surface area contributed by atoms with E-state index in [1.165, 1.54) is 22.8 Å². The van der Waals surface area contributed by atoms with Crippen molar-refractivity contribution in [1.82, 2.24) is 10.2 Å². The van der Waals surface area contributed by atoms with Crippen LogP contribution in [0.1, 0.15) is 88.5 Å². The van der Waals surface area contributed by atoms with E-state index in [2.05, 4.69) is 77.7 Å². The van der Waals surface area contributed by atoms with Crippen LogP contribution in [0.3, 0.4) is 0 Å². The van der Waals surface area contributed by atoms with Gasteiger partial charge in [0.25, 0.3) is 0 Å². The number of ether oxygens (including phenoxy) is 2. The summed E-state index contributed by atoms with van der Waals surface area (Å²) in [6, 6.07) is 12.5. The highest BCUT2D eigenvalue weighted by Crippen LogP contribution is 2.32. The number of benzene rings is 2. The van der Waals surface area contributed by atoms with Crippen LogP contribution in [0.25, 0.3) is 0 Å². The molecule has 0 spiro atoms. The number of hydrogen-bond acceptors (Lipinski definition) is 4. The number of carbonyl (C=O) groups is 1. The summed E-state index contributed by atoms with van der Waals surface area (Å²) >= 11 is 0. The summed E-state index contributed by atoms with van der Waals surface area (Å²) in [6.07, 6.45) is 3.34. The van der Waals surface area contributed by atoms with Gasteiger partial charge in [0.1, 0.15) is 11.5 Å². The molecule has 0 saturated carbocycles. The minimum absolute atomic E-state index is 0.0820. The fourth-order valence-corrected chi connectivity index (χ4v) is 3.82. The molecule has 36 heavy (non-hydrogen) atoms. The Labute approximate surface area is 219 Å². The van der Waals surface area contributed by atoms with Crippen molar-refractivity contribution in [1.29, 1.82) is 0 Å². The molecule has 2 aromatic rings. The Kier molecular flexibility index (Phi) is 14.6. The lowest BCUT2D eigenvalue weighted by molar-refractivity contribution is -0.125. The Balaban J connectivity index is 0.000000369. The van der Waals surface area contributed by atoms with E-state index >= 15 is 0 Å². The standard InChI is InChI=1S/C17H25NO2.C14H23NO/c1-6-11-20-17-14(12-18(5)16(19)7-2)9-8-10-15(17)13(3)4;1-5-9-16-14-12(10-15-4)7-6-8-13(14)11(2)3/h7-10,13H,2,6,11-12H2,1,3-5H3;6-8,11,15H,5,9-10H2,1-4H3. The van der Waals surface area contributed by atoms with E-state index in [0.29, 0.717) is 25.0 Å². The Bertz CT molecular complexity index is 937. The molecule has 0 bridgehead atoms. The third-order valence-electron chi connectivity index (χ3n) is 5.72. The van der Waals surface area contributed by atoms with Crippen LogP contribution in [0.15, 0.2) is 49.1 Å². The molecule has 1 N–H and O–H groups in total. The molecule has 0 fully saturated rings. The first-order chi connectivity index (χ1) is 17.2. The van der Waals surface area contributed by atoms with E-state index in [1.807, 2.05) is 19.2 Å². The van der Waals surface area contributed by atoms with E-state index in [1.54, 1.807) is 11.9 Å². The first kappa shape index (κ1) is 31.2. The lowest BCUT2D eigenvalue weighted by Gasteiger charge is -2.21. The first-order valence-electron chi connectivity index (χ1n) is 13.2. The molecule has 0 radical (unpaired) electrons. The maximum Gasteiger partial charge on any atom is 0.245 e. The van der Waals surface area contributed by atoms with E-state index in [9.17, 15) is 4.79 Å². The van der Waals surface area contributed by atoms with Crippen molar-refractivity contribution in [2.45, 2.75) is 79.3 Å². The maximum absolute atomic E-state index is 11.6. The second-order valence-electron chi connectivity index (χ2n) is 9.61. The highest BCUT2D eigenvalue weighted by molar-refractivity contribution is 5.86. The quantitative estimate of drug-likeness (QED) is 0.302. The number of nitrogens with zero attached hydrogens (tertiary/aromatic N) is 1. The summed E-state index contributed by atoms with van der Waals surface area (Å²) in [5, 5.41) is 3.19. The van der Waals surface area contributed by atoms with Crippen molar-refractivity contribution >= 4 is 5.91 Å². The summed E-state index contributed by atoms with van der Waals surface area (Å²) in [5.41, 5.74) is 4.79. The predicted octanol–water partition coefficient (Wildman–Crippen LogP) is 7.06. The molecule has 0 heterocycles. The van der Waals surface area contributed by atoms with Crippen LogP contribution in [0.4, 0.5) is 0 Å². The van der Waals surface area contributed by atoms with Gasteiger partial charge in [-0.25, -0.2) is 0 Å². The van der Waals surface area contributed by atoms with Crippen LogP contribution < -0.4 is 14.8 Å². The summed E-state index contributed by atoms with van der Waals surface area (Å²) in [6.45, 7) is 19.3. The van der Waals surface area contributed by atoms with Gasteiger partial charge in [-0.1, -0.05) is 84.5 Å². The van der Waals surface area contributed by atoms with Gasteiger partial charge in [0.05, 0.1) is 13.2 Å². The first-order valence-corrected chi connectivity index (χ1v) is 13.2. The average Bonchev–Trinajstić information content (AvgIpc) is 2.86. The van der Waals surface area contributed by atoms with E-state index in [4.69, 9.17) is 9.47 Å². The molecule has 5 nitrogen and oxygen atoms in total. The van der Waals surface area contributed by atoms with Gasteiger partial charge in [-0.15, -0.1) is 0 Å². The molecule has 0 aromatic heterocycles. The van der Waals surface area contributed by atoms with Gasteiger partial charge in [-0.3, -0.25) is 4.79 Å². The van der Waals surface area contributed by atoms with E-state index in [0.717, 1.165) is 43.1 Å². The van der Waals surface area contributed by atoms with Crippen molar-refractivity contribution in [3.8, 4) is 11.5 Å². The predicted molar refractivity (Wildman–Crippen MR) is 152 cm³/mol. The van der Waals surface area contributed by atoms with Crippen molar-refractivity contribution in [3.05, 3.63) is 71.3 Å². The zero-order chi connectivity index (χ0) is 27.1. The van der Waals surface area contributed by atoms with Crippen molar-refractivity contribution in [2.24, 2.45) is 0 Å². The van der Waals surface area contributed by atoms with E-state index < -0.39 is 0 Å². The topological polar surface area (TPSA) is 50.8 Å². The highest BCUT2D eigenvalue weighted by Gasteiger charge is 2.15. The van der Waals surface area contributed by atoms with Crippen molar-refractivity contribution in [3.63, 3.8) is 0 Å². The number of likely N-dealkylation sites (N-methyl/N-ethyl adjacent to an activating group) is 1. The van der Waals surface area contributed by atoms with Gasteiger partial charge >= 0.3 is 0 Å². The Morgan fingerprint density at radius 2 is 1.39 bits per heavy atom. The Hall–Kier alpha value is -2.79. The Morgan fingerprint density at radius 3 is 1.81 bits per heavy atom. The zero-order valence-electron chi connectivity index (χ0n) is 23.8. The molecule has 1 amide bonds. The number of hydrogen-bond donors (Lipinski definition) is 1. The van der Waals surface area contributed by atoms with Gasteiger partial charge in [0.15, 0.2) is 0 Å². The molecule has 0 atom stereocenters. The smallest absolute Gasteiger partial charge is 0.245 e. The molecule has 0 aliphatic rings. The molecule has 0 saturated heterocycles. The summed E-state index contributed by atoms with van der Waals surface area (Å²) in [7, 11) is 3.74. The number of rotatable bonds is 13. The summed E-state index contributed by atoms with van der Waals surface area (Å²) < 4.78 is 11.8. The summed E-state index contributed by atoms with van der Waals surface area (Å²) in [5.74, 6) is 2.81. The van der Waals surface area contributed by atoms with Crippen LogP contribution in [0.5, 0.6) is 11.5 Å². The number of nitrogens with one attached hydrogen (secondary N) is 1. The minimum Gasteiger partial charge on any atom is -0.493 e. The van der Waals surface area contributed by atoms with Crippen LogP contribution >= 0.6 is 0 Å². The van der Waals surface area contributed by atoms with Crippen LogP contribution in [-0.2, 0) is 17.9 Å². The van der Waals surface area contributed by atoms with Gasteiger partial charge in [0, 0.05) is 31.3 Å². The molecular weight excluding hydrogens is 448 g/mol. The molecular formula is C31H48N2O3. The van der Waals surface area contributed by atoms with Crippen molar-refractivity contribution in [2.75, 3.05) is 27.3 Å². The fourth-order valence-electron chi connectivity index (χ4n) is 3.82. The molecule has 2 rings (SSSR count). The fraction of sp³-hybridized carbons (Fsp3) is 0.516. The van der Waals surface area contributed by atoms with Crippen LogP contribution in [0, 0.1) is 0 Å². The van der Waals surface area contributed by atoms with E-state index in [-0.39, 0.29) is 5.91 Å². The van der Waals surface area contributed by atoms with Crippen molar-refractivity contribution < 1.29 is 14.3 Å². The van der Waals surface area contributed by atoms with Crippen LogP contribution in [-0.4, -0.2) is 38.1 Å². The maximum atomic E-state index is 11.6. The number of carbonyl (C=O) groups excluding carboxylic acids is 1. The lowest BCUT2D eigenvalue weighted by atomic mass is 9.98. The SMILES string of the molecule is C=CC(=O)N(C)Cc1cccc(C(C)C)c1OCCC.CCCOc1c(CNC)cccc1C(C)C. The van der Waals surface area contributed by atoms with Gasteiger partial charge in [-0.05, 0) is 48.9 Å². The van der Waals surface area contributed by atoms with Crippen LogP contribution in [0.2, 0.25) is 0 Å². The van der Waals surface area contributed by atoms with Gasteiger partial charge in [0.2, 0.25) is 5.91 Å². The van der Waals surface area contributed by atoms with Gasteiger partial charge < -0.3 is 19.7 Å². The average molecular weight is 497 g/mol. The molecule has 0 aliphatic carbocycles. The summed E-state index contributed by atoms with van der Waals surface area (Å²) in [4.78, 5) is 13.3. The van der Waals surface area contributed by atoms with Gasteiger partial charge in [-0.2, -0.15) is 0 Å². The normalized spacial score (nSPS) is 10.6. The monoisotopic (exact) mass is 496 g/mol. The molecule has 0 aliphatic heterocycles. The molecule has 5 heteroatoms. The highest BCUT2D eigenvalue weighted by atomic mass is 16.5. The number of amides is 1. The third-order valence-corrected chi connectivity index (χ3v) is 5.72. The minimum atomic E-state index is -0.0820. The second kappa shape index (κ2) is 16.8. The lowest BCUT2D eigenvalue weighted by Crippen LogP contribution is -2.24. The molecule has 0 unspecified atom stereocenters. The molecule has 200 valence electrons. The Morgan fingerprint density at radius 1 is 0.917 bits per heavy atom. The number of para-hydroxylation sites is 2. The molecule has 2 aromatic carbocycles. The zero-order valence-corrected chi connectivity index (χ0v) is 23.8.